The average molecular weight is 331 g/mol. The van der Waals surface area contributed by atoms with E-state index in [1.165, 1.54) is 0 Å². The van der Waals surface area contributed by atoms with Crippen molar-refractivity contribution in [2.24, 2.45) is 0 Å². The fourth-order valence-electron chi connectivity index (χ4n) is 2.16. The van der Waals surface area contributed by atoms with Crippen LogP contribution in [-0.4, -0.2) is 16.1 Å². The Morgan fingerprint density at radius 1 is 1.09 bits per heavy atom. The van der Waals surface area contributed by atoms with Crippen molar-refractivity contribution < 1.29 is 26.7 Å². The molecule has 2 N–H and O–H groups in total. The number of nitrogens with one attached hydrogen (secondary N) is 2. The predicted molar refractivity (Wildman–Crippen MR) is 69.1 cm³/mol. The topological polar surface area (TPSA) is 57.8 Å². The number of nitrogens with zero attached hydrogens (tertiary/aromatic N) is 1. The molecule has 4 nitrogen and oxygen atoms in total. The Morgan fingerprint density at radius 3 is 2.22 bits per heavy atom. The van der Waals surface area contributed by atoms with E-state index in [-0.39, 0.29) is 5.82 Å². The van der Waals surface area contributed by atoms with Gasteiger partial charge in [-0.25, -0.2) is 22.0 Å². The predicted octanol–water partition coefficient (Wildman–Crippen LogP) is 3.16. The minimum Gasteiger partial charge on any atom is -0.309 e. The van der Waals surface area contributed by atoms with Gasteiger partial charge in [0.25, 0.3) is 0 Å². The highest BCUT2D eigenvalue weighted by atomic mass is 19.2. The maximum absolute atomic E-state index is 13.5. The summed E-state index contributed by atoms with van der Waals surface area (Å²) >= 11 is 0. The van der Waals surface area contributed by atoms with Gasteiger partial charge in [-0.15, -0.1) is 0 Å². The third-order valence-corrected chi connectivity index (χ3v) is 3.52. The van der Waals surface area contributed by atoms with Crippen molar-refractivity contribution in [3.05, 3.63) is 46.4 Å². The van der Waals surface area contributed by atoms with Crippen LogP contribution in [0.4, 0.5) is 27.8 Å². The van der Waals surface area contributed by atoms with Crippen LogP contribution >= 0.6 is 0 Å². The summed E-state index contributed by atoms with van der Waals surface area (Å²) in [5.41, 5.74) is -0.367. The molecule has 0 aliphatic heterocycles. The summed E-state index contributed by atoms with van der Waals surface area (Å²) in [6.45, 7) is 0. The minimum absolute atomic E-state index is 0.126. The second-order valence-electron chi connectivity index (χ2n) is 5.26. The molecule has 1 aliphatic carbocycles. The highest BCUT2D eigenvalue weighted by Gasteiger charge is 2.28. The van der Waals surface area contributed by atoms with Gasteiger partial charge in [-0.1, -0.05) is 0 Å². The van der Waals surface area contributed by atoms with Crippen LogP contribution in [0, 0.1) is 29.1 Å². The van der Waals surface area contributed by atoms with Gasteiger partial charge in [-0.2, -0.15) is 5.10 Å². The number of carbonyl (C=O) groups is 1. The van der Waals surface area contributed by atoms with Crippen LogP contribution in [0.15, 0.2) is 6.07 Å². The molecule has 3 rings (SSSR count). The van der Waals surface area contributed by atoms with Crippen LogP contribution in [0.2, 0.25) is 0 Å². The molecule has 1 aliphatic rings. The van der Waals surface area contributed by atoms with E-state index in [0.717, 1.165) is 18.5 Å². The minimum atomic E-state index is -2.26. The van der Waals surface area contributed by atoms with Crippen LogP contribution in [0.5, 0.6) is 0 Å². The number of anilines is 1. The van der Waals surface area contributed by atoms with Crippen LogP contribution in [0.1, 0.15) is 30.0 Å². The lowest BCUT2D eigenvalue weighted by atomic mass is 10.1. The number of aromatic amines is 1. The molecule has 0 radical (unpaired) electrons. The third-order valence-electron chi connectivity index (χ3n) is 3.52. The number of amides is 1. The smallest absolute Gasteiger partial charge is 0.230 e. The number of hydrogen-bond acceptors (Lipinski definition) is 2. The summed E-state index contributed by atoms with van der Waals surface area (Å²) in [7, 11) is 0. The fourth-order valence-corrected chi connectivity index (χ4v) is 2.16. The maximum Gasteiger partial charge on any atom is 0.230 e. The molecule has 2 aromatic rings. The van der Waals surface area contributed by atoms with Crippen molar-refractivity contribution in [2.75, 3.05) is 5.32 Å². The van der Waals surface area contributed by atoms with Crippen LogP contribution in [0.3, 0.4) is 0 Å². The molecule has 0 bridgehead atoms. The van der Waals surface area contributed by atoms with Gasteiger partial charge in [0.05, 0.1) is 6.42 Å². The van der Waals surface area contributed by atoms with Gasteiger partial charge in [0.15, 0.2) is 29.1 Å². The quantitative estimate of drug-likeness (QED) is 0.514. The second-order valence-corrected chi connectivity index (χ2v) is 5.26. The number of carbonyl (C=O) groups excluding carboxylic acids is 1. The summed E-state index contributed by atoms with van der Waals surface area (Å²) in [5, 5.41) is 8.75. The van der Waals surface area contributed by atoms with Crippen LogP contribution in [-0.2, 0) is 11.2 Å². The van der Waals surface area contributed by atoms with Gasteiger partial charge >= 0.3 is 0 Å². The lowest BCUT2D eigenvalue weighted by molar-refractivity contribution is -0.115. The molecule has 122 valence electrons. The first kappa shape index (κ1) is 15.4. The van der Waals surface area contributed by atoms with Gasteiger partial charge in [-0.3, -0.25) is 9.89 Å². The molecule has 1 saturated carbocycles. The monoisotopic (exact) mass is 331 g/mol. The van der Waals surface area contributed by atoms with E-state index >= 15 is 0 Å². The fraction of sp³-hybridized carbons (Fsp3) is 0.286. The summed E-state index contributed by atoms with van der Waals surface area (Å²) < 4.78 is 66.1. The number of H-pyrrole nitrogens is 1. The Kier molecular flexibility index (Phi) is 3.78. The van der Waals surface area contributed by atoms with Gasteiger partial charge in [-0.05, 0) is 12.8 Å². The second kappa shape index (κ2) is 5.64. The van der Waals surface area contributed by atoms with Gasteiger partial charge in [0.1, 0.15) is 0 Å². The number of aromatic nitrogens is 2. The van der Waals surface area contributed by atoms with E-state index in [9.17, 15) is 26.7 Å². The number of benzene rings is 1. The molecule has 1 heterocycles. The molecular weight excluding hydrogens is 321 g/mol. The maximum atomic E-state index is 13.5. The molecule has 1 amide bonds. The van der Waals surface area contributed by atoms with Gasteiger partial charge in [0, 0.05) is 23.2 Å². The Bertz CT molecular complexity index is 756. The molecule has 0 atom stereocenters. The van der Waals surface area contributed by atoms with E-state index in [1.807, 2.05) is 0 Å². The molecule has 0 unspecified atom stereocenters. The van der Waals surface area contributed by atoms with Crippen molar-refractivity contribution >= 4 is 11.7 Å². The lowest BCUT2D eigenvalue weighted by Crippen LogP contribution is -2.18. The van der Waals surface area contributed by atoms with E-state index in [1.54, 1.807) is 6.07 Å². The molecular formula is C14H10F5N3O. The highest BCUT2D eigenvalue weighted by molar-refractivity contribution is 5.91. The Hall–Kier alpha value is -2.45. The van der Waals surface area contributed by atoms with Crippen LogP contribution in [0.25, 0.3) is 0 Å². The number of halogens is 5. The SMILES string of the molecule is O=C(Cc1c(F)c(F)c(F)c(F)c1F)Nc1cc(C2CC2)[nH]n1. The molecule has 1 aromatic carbocycles. The van der Waals surface area contributed by atoms with Crippen molar-refractivity contribution in [1.29, 1.82) is 0 Å². The van der Waals surface area contributed by atoms with E-state index in [0.29, 0.717) is 5.92 Å². The lowest BCUT2D eigenvalue weighted by Gasteiger charge is -2.07. The number of rotatable bonds is 4. The molecule has 23 heavy (non-hydrogen) atoms. The van der Waals surface area contributed by atoms with Crippen molar-refractivity contribution in [3.63, 3.8) is 0 Å². The zero-order valence-corrected chi connectivity index (χ0v) is 11.5. The summed E-state index contributed by atoms with van der Waals surface area (Å²) in [6, 6.07) is 1.56. The Balaban J connectivity index is 1.77. The third kappa shape index (κ3) is 2.90. The summed E-state index contributed by atoms with van der Waals surface area (Å²) in [4.78, 5) is 11.8. The molecule has 9 heteroatoms. The highest BCUT2D eigenvalue weighted by Crippen LogP contribution is 2.39. The van der Waals surface area contributed by atoms with E-state index in [4.69, 9.17) is 0 Å². The van der Waals surface area contributed by atoms with E-state index in [2.05, 4.69) is 15.5 Å². The zero-order chi connectivity index (χ0) is 16.7. The standard InChI is InChI=1S/C14H10F5N3O/c15-10-6(11(16)13(18)14(19)12(10)17)3-9(23)20-8-4-7(21-22-8)5-1-2-5/h4-5H,1-3H2,(H2,20,21,22,23). The van der Waals surface area contributed by atoms with Crippen molar-refractivity contribution in [1.82, 2.24) is 10.2 Å². The summed E-state index contributed by atoms with van der Waals surface area (Å²) in [5.74, 6) is -10.9. The zero-order valence-electron chi connectivity index (χ0n) is 11.5. The van der Waals surface area contributed by atoms with Gasteiger partial charge < -0.3 is 5.32 Å². The largest absolute Gasteiger partial charge is 0.309 e. The van der Waals surface area contributed by atoms with Crippen molar-refractivity contribution in [2.45, 2.75) is 25.2 Å². The van der Waals surface area contributed by atoms with Crippen LogP contribution < -0.4 is 5.32 Å². The van der Waals surface area contributed by atoms with Crippen molar-refractivity contribution in [3.8, 4) is 0 Å². The first-order valence-corrected chi connectivity index (χ1v) is 6.74. The molecule has 1 aromatic heterocycles. The number of hydrogen-bond donors (Lipinski definition) is 2. The molecule has 0 spiro atoms. The molecule has 1 fully saturated rings. The first-order chi connectivity index (χ1) is 10.9. The normalized spacial score (nSPS) is 14.1. The molecule has 0 saturated heterocycles. The first-order valence-electron chi connectivity index (χ1n) is 6.74. The van der Waals surface area contributed by atoms with E-state index < -0.39 is 47.0 Å². The average Bonchev–Trinajstić information content (AvgIpc) is 3.28. The Morgan fingerprint density at radius 2 is 1.65 bits per heavy atom. The summed E-state index contributed by atoms with van der Waals surface area (Å²) in [6.07, 6.45) is 0.998. The Labute approximate surface area is 126 Å². The van der Waals surface area contributed by atoms with Gasteiger partial charge in [0.2, 0.25) is 11.7 Å².